The summed E-state index contributed by atoms with van der Waals surface area (Å²) in [6, 6.07) is 3.74. The summed E-state index contributed by atoms with van der Waals surface area (Å²) in [4.78, 5) is 28.4. The Morgan fingerprint density at radius 2 is 2.00 bits per heavy atom. The largest absolute Gasteiger partial charge is 0.342 e. The Labute approximate surface area is 140 Å². The number of carbonyl (C=O) groups excluding carboxylic acids is 2. The highest BCUT2D eigenvalue weighted by atomic mass is 19.2. The summed E-state index contributed by atoms with van der Waals surface area (Å²) in [7, 11) is 0. The minimum Gasteiger partial charge on any atom is -0.342 e. The molecule has 2 heterocycles. The maximum absolute atomic E-state index is 13.4. The zero-order valence-corrected chi connectivity index (χ0v) is 13.9. The molecule has 0 N–H and O–H groups in total. The van der Waals surface area contributed by atoms with E-state index in [1.54, 1.807) is 9.80 Å². The van der Waals surface area contributed by atoms with Crippen molar-refractivity contribution in [3.8, 4) is 0 Å². The minimum atomic E-state index is -0.896. The molecule has 24 heavy (non-hydrogen) atoms. The van der Waals surface area contributed by atoms with Crippen molar-refractivity contribution in [2.24, 2.45) is 5.41 Å². The highest BCUT2D eigenvalue weighted by Crippen LogP contribution is 2.40. The lowest BCUT2D eigenvalue weighted by atomic mass is 9.78. The van der Waals surface area contributed by atoms with Crippen LogP contribution >= 0.6 is 0 Å². The number of rotatable bonds is 3. The second kappa shape index (κ2) is 6.49. The van der Waals surface area contributed by atoms with Crippen LogP contribution < -0.4 is 0 Å². The average Bonchev–Trinajstić information content (AvgIpc) is 3.00. The van der Waals surface area contributed by atoms with Crippen LogP contribution in [-0.4, -0.2) is 41.2 Å². The monoisotopic (exact) mass is 336 g/mol. The molecule has 2 aliphatic rings. The van der Waals surface area contributed by atoms with E-state index >= 15 is 0 Å². The number of nitrogens with zero attached hydrogens (tertiary/aromatic N) is 2. The highest BCUT2D eigenvalue weighted by molar-refractivity contribution is 5.86. The quantitative estimate of drug-likeness (QED) is 0.851. The van der Waals surface area contributed by atoms with Crippen molar-refractivity contribution in [1.82, 2.24) is 9.80 Å². The topological polar surface area (TPSA) is 40.6 Å². The molecular formula is C18H22F2N2O2. The third kappa shape index (κ3) is 3.01. The van der Waals surface area contributed by atoms with Gasteiger partial charge in [-0.05, 0) is 37.0 Å². The Morgan fingerprint density at radius 3 is 2.71 bits per heavy atom. The first-order valence-electron chi connectivity index (χ1n) is 8.46. The number of piperidine rings is 1. The Morgan fingerprint density at radius 1 is 1.21 bits per heavy atom. The molecule has 0 aromatic heterocycles. The lowest BCUT2D eigenvalue weighted by molar-refractivity contribution is -0.146. The lowest BCUT2D eigenvalue weighted by Crippen LogP contribution is -2.50. The van der Waals surface area contributed by atoms with Gasteiger partial charge in [0.05, 0.1) is 5.41 Å². The van der Waals surface area contributed by atoms with Crippen molar-refractivity contribution in [1.29, 1.82) is 0 Å². The van der Waals surface area contributed by atoms with Crippen molar-refractivity contribution in [3.05, 3.63) is 35.4 Å². The molecule has 2 amide bonds. The van der Waals surface area contributed by atoms with Crippen LogP contribution in [0.15, 0.2) is 18.2 Å². The van der Waals surface area contributed by atoms with Gasteiger partial charge in [0.2, 0.25) is 11.8 Å². The van der Waals surface area contributed by atoms with Crippen LogP contribution in [0.3, 0.4) is 0 Å². The molecule has 0 unspecified atom stereocenters. The number of benzene rings is 1. The molecular weight excluding hydrogens is 314 g/mol. The molecule has 2 saturated heterocycles. The van der Waals surface area contributed by atoms with Gasteiger partial charge in [-0.25, -0.2) is 8.78 Å². The van der Waals surface area contributed by atoms with Gasteiger partial charge in [-0.3, -0.25) is 9.59 Å². The minimum absolute atomic E-state index is 0.0323. The van der Waals surface area contributed by atoms with Gasteiger partial charge in [0.1, 0.15) is 0 Å². The molecule has 4 nitrogen and oxygen atoms in total. The van der Waals surface area contributed by atoms with Crippen molar-refractivity contribution in [2.75, 3.05) is 19.6 Å². The van der Waals surface area contributed by atoms with Crippen molar-refractivity contribution < 1.29 is 18.4 Å². The summed E-state index contributed by atoms with van der Waals surface area (Å²) in [6.07, 6.45) is 2.78. The summed E-state index contributed by atoms with van der Waals surface area (Å²) >= 11 is 0. The second-order valence-corrected chi connectivity index (χ2v) is 6.78. The smallest absolute Gasteiger partial charge is 0.230 e. The van der Waals surface area contributed by atoms with Gasteiger partial charge < -0.3 is 9.80 Å². The Kier molecular flexibility index (Phi) is 4.56. The van der Waals surface area contributed by atoms with E-state index in [4.69, 9.17) is 0 Å². The number of likely N-dealkylation sites (tertiary alicyclic amines) is 2. The first kappa shape index (κ1) is 16.9. The average molecular weight is 336 g/mol. The maximum Gasteiger partial charge on any atom is 0.230 e. The Hall–Kier alpha value is -1.98. The normalized spacial score (nSPS) is 24.0. The van der Waals surface area contributed by atoms with Crippen LogP contribution in [0.5, 0.6) is 0 Å². The molecule has 1 atom stereocenters. The van der Waals surface area contributed by atoms with Crippen LogP contribution in [0, 0.1) is 17.0 Å². The molecule has 2 aliphatic heterocycles. The molecule has 0 aliphatic carbocycles. The van der Waals surface area contributed by atoms with E-state index in [0.717, 1.165) is 25.0 Å². The number of hydrogen-bond donors (Lipinski definition) is 0. The predicted molar refractivity (Wildman–Crippen MR) is 84.9 cm³/mol. The number of halogens is 2. The van der Waals surface area contributed by atoms with Gasteiger partial charge in [-0.1, -0.05) is 13.0 Å². The van der Waals surface area contributed by atoms with E-state index in [-0.39, 0.29) is 18.4 Å². The van der Waals surface area contributed by atoms with Gasteiger partial charge in [0.15, 0.2) is 11.6 Å². The van der Waals surface area contributed by atoms with Gasteiger partial charge in [-0.15, -0.1) is 0 Å². The van der Waals surface area contributed by atoms with Gasteiger partial charge >= 0.3 is 0 Å². The van der Waals surface area contributed by atoms with Crippen LogP contribution in [0.2, 0.25) is 0 Å². The number of amides is 2. The van der Waals surface area contributed by atoms with Gasteiger partial charge in [0.25, 0.3) is 0 Å². The third-order valence-electron chi connectivity index (χ3n) is 5.19. The molecule has 0 saturated carbocycles. The molecule has 2 fully saturated rings. The second-order valence-electron chi connectivity index (χ2n) is 6.78. The molecule has 1 spiro atoms. The van der Waals surface area contributed by atoms with Crippen molar-refractivity contribution >= 4 is 11.8 Å². The molecule has 1 aromatic rings. The summed E-state index contributed by atoms with van der Waals surface area (Å²) in [6.45, 7) is 3.82. The third-order valence-corrected chi connectivity index (χ3v) is 5.19. The summed E-state index contributed by atoms with van der Waals surface area (Å²) in [5.41, 5.74) is 0.0839. The van der Waals surface area contributed by atoms with E-state index in [0.29, 0.717) is 38.0 Å². The zero-order chi connectivity index (χ0) is 17.3. The van der Waals surface area contributed by atoms with Crippen LogP contribution in [-0.2, 0) is 16.1 Å². The van der Waals surface area contributed by atoms with Crippen molar-refractivity contribution in [3.63, 3.8) is 0 Å². The van der Waals surface area contributed by atoms with E-state index < -0.39 is 17.0 Å². The first-order chi connectivity index (χ1) is 11.4. The predicted octanol–water partition coefficient (Wildman–Crippen LogP) is 2.72. The zero-order valence-electron chi connectivity index (χ0n) is 13.9. The summed E-state index contributed by atoms with van der Waals surface area (Å²) in [5, 5.41) is 0. The fourth-order valence-electron chi connectivity index (χ4n) is 3.85. The highest BCUT2D eigenvalue weighted by Gasteiger charge is 2.49. The van der Waals surface area contributed by atoms with Crippen LogP contribution in [0.1, 0.15) is 38.2 Å². The van der Waals surface area contributed by atoms with Gasteiger partial charge in [-0.2, -0.15) is 0 Å². The summed E-state index contributed by atoms with van der Waals surface area (Å²) in [5.74, 6) is -1.67. The molecule has 0 bridgehead atoms. The molecule has 1 aromatic carbocycles. The Balaban J connectivity index is 1.73. The Bertz CT molecular complexity index is 664. The van der Waals surface area contributed by atoms with Crippen LogP contribution in [0.25, 0.3) is 0 Å². The molecule has 3 rings (SSSR count). The molecule has 0 radical (unpaired) electrons. The van der Waals surface area contributed by atoms with E-state index in [9.17, 15) is 18.4 Å². The SMILES string of the molecule is CCC(=O)N1CC[C@@]2(CCCN(Cc3ccc(F)c(F)c3)C2=O)C1. The number of hydrogen-bond acceptors (Lipinski definition) is 2. The molecule has 6 heteroatoms. The van der Waals surface area contributed by atoms with Gasteiger partial charge in [0, 0.05) is 32.6 Å². The number of carbonyl (C=O) groups is 2. The molecule has 130 valence electrons. The van der Waals surface area contributed by atoms with E-state index in [2.05, 4.69) is 0 Å². The fourth-order valence-corrected chi connectivity index (χ4v) is 3.85. The maximum atomic E-state index is 13.4. The lowest BCUT2D eigenvalue weighted by Gasteiger charge is -2.39. The fraction of sp³-hybridized carbons (Fsp3) is 0.556. The van der Waals surface area contributed by atoms with Crippen LogP contribution in [0.4, 0.5) is 8.78 Å². The van der Waals surface area contributed by atoms with E-state index in [1.807, 2.05) is 6.92 Å². The first-order valence-corrected chi connectivity index (χ1v) is 8.46. The van der Waals surface area contributed by atoms with Crippen molar-refractivity contribution in [2.45, 2.75) is 39.2 Å². The van der Waals surface area contributed by atoms with E-state index in [1.165, 1.54) is 6.07 Å². The standard InChI is InChI=1S/C18H22F2N2O2/c1-2-16(23)22-9-7-18(12-22)6-3-8-21(17(18)24)11-13-4-5-14(19)15(20)10-13/h4-5,10H,2-3,6-9,11-12H2,1H3/t18-/m0/s1. The summed E-state index contributed by atoms with van der Waals surface area (Å²) < 4.78 is 26.4.